The third-order valence-corrected chi connectivity index (χ3v) is 4.42. The lowest BCUT2D eigenvalue weighted by atomic mass is 9.97. The van der Waals surface area contributed by atoms with Crippen LogP contribution < -0.4 is 5.32 Å². The molecule has 134 valence electrons. The van der Waals surface area contributed by atoms with Gasteiger partial charge in [0.1, 0.15) is 17.0 Å². The number of nitrogens with zero attached hydrogens (tertiary/aromatic N) is 2. The smallest absolute Gasteiger partial charge is 0.248 e. The van der Waals surface area contributed by atoms with Crippen LogP contribution in [0.3, 0.4) is 0 Å². The second-order valence-corrected chi connectivity index (χ2v) is 8.23. The van der Waals surface area contributed by atoms with Crippen LogP contribution in [0.2, 0.25) is 0 Å². The van der Waals surface area contributed by atoms with E-state index in [4.69, 9.17) is 4.42 Å². The number of anilines is 1. The highest BCUT2D eigenvalue weighted by atomic mass is 16.4. The van der Waals surface area contributed by atoms with Crippen LogP contribution >= 0.6 is 0 Å². The van der Waals surface area contributed by atoms with Gasteiger partial charge in [0.2, 0.25) is 5.91 Å². The average Bonchev–Trinajstić information content (AvgIpc) is 2.98. The third-order valence-electron chi connectivity index (χ3n) is 4.42. The molecule has 0 saturated carbocycles. The maximum Gasteiger partial charge on any atom is 0.248 e. The van der Waals surface area contributed by atoms with Gasteiger partial charge in [-0.15, -0.1) is 0 Å². The minimum Gasteiger partial charge on any atom is -0.445 e. The van der Waals surface area contributed by atoms with Crippen LogP contribution in [-0.2, 0) is 23.2 Å². The molecule has 0 atom stereocenters. The molecule has 0 fully saturated rings. The molecular formula is C20H27N3O2. The highest BCUT2D eigenvalue weighted by Gasteiger charge is 2.35. The van der Waals surface area contributed by atoms with Crippen LogP contribution in [-0.4, -0.2) is 27.9 Å². The van der Waals surface area contributed by atoms with Gasteiger partial charge >= 0.3 is 0 Å². The first-order valence-electron chi connectivity index (χ1n) is 8.78. The van der Waals surface area contributed by atoms with E-state index >= 15 is 0 Å². The molecular weight excluding hydrogens is 314 g/mol. The van der Waals surface area contributed by atoms with Crippen LogP contribution in [0.15, 0.2) is 34.7 Å². The Morgan fingerprint density at radius 1 is 1.16 bits per heavy atom. The first-order valence-corrected chi connectivity index (χ1v) is 8.78. The van der Waals surface area contributed by atoms with Crippen molar-refractivity contribution in [2.24, 2.45) is 0 Å². The van der Waals surface area contributed by atoms with E-state index in [-0.39, 0.29) is 11.3 Å². The summed E-state index contributed by atoms with van der Waals surface area (Å²) in [4.78, 5) is 19.6. The van der Waals surface area contributed by atoms with Gasteiger partial charge in [0, 0.05) is 24.1 Å². The molecule has 2 heterocycles. The molecule has 2 aromatic rings. The first kappa shape index (κ1) is 17.5. The number of carbonyl (C=O) groups is 1. The molecule has 0 bridgehead atoms. The zero-order valence-corrected chi connectivity index (χ0v) is 15.7. The van der Waals surface area contributed by atoms with E-state index in [1.165, 1.54) is 0 Å². The normalized spacial score (nSPS) is 15.0. The molecule has 0 radical (unpaired) electrons. The Morgan fingerprint density at radius 3 is 2.48 bits per heavy atom. The fourth-order valence-electron chi connectivity index (χ4n) is 3.02. The highest BCUT2D eigenvalue weighted by Crippen LogP contribution is 2.28. The van der Waals surface area contributed by atoms with Crippen molar-refractivity contribution in [1.82, 2.24) is 9.88 Å². The summed E-state index contributed by atoms with van der Waals surface area (Å²) in [5.41, 5.74) is 1.02. The van der Waals surface area contributed by atoms with Crippen LogP contribution in [0.1, 0.15) is 52.0 Å². The molecule has 0 aliphatic carbocycles. The maximum atomic E-state index is 13.0. The van der Waals surface area contributed by atoms with Crippen molar-refractivity contribution in [3.8, 4) is 0 Å². The van der Waals surface area contributed by atoms with E-state index < -0.39 is 5.54 Å². The summed E-state index contributed by atoms with van der Waals surface area (Å²) in [7, 11) is 0. The van der Waals surface area contributed by atoms with Crippen LogP contribution in [0.5, 0.6) is 0 Å². The van der Waals surface area contributed by atoms with E-state index in [1.807, 2.05) is 49.1 Å². The minimum atomic E-state index is -0.685. The standard InChI is InChI=1S/C20H27N3O2/c1-19(2,3)17-21-15-13-23(12-11-16(15)25-17)18(24)20(4,5)22-14-9-7-6-8-10-14/h6-10,22H,11-13H2,1-5H3. The Labute approximate surface area is 149 Å². The van der Waals surface area contributed by atoms with Crippen molar-refractivity contribution in [1.29, 1.82) is 0 Å². The number of aromatic nitrogens is 1. The molecule has 1 aliphatic rings. The zero-order valence-electron chi connectivity index (χ0n) is 15.7. The summed E-state index contributed by atoms with van der Waals surface area (Å²) in [5.74, 6) is 1.73. The fraction of sp³-hybridized carbons (Fsp3) is 0.500. The summed E-state index contributed by atoms with van der Waals surface area (Å²) in [6.07, 6.45) is 0.714. The molecule has 0 saturated heterocycles. The molecule has 1 aromatic carbocycles. The van der Waals surface area contributed by atoms with E-state index in [2.05, 4.69) is 31.1 Å². The summed E-state index contributed by atoms with van der Waals surface area (Å²) in [6, 6.07) is 9.82. The largest absolute Gasteiger partial charge is 0.445 e. The van der Waals surface area contributed by atoms with Crippen molar-refractivity contribution in [2.45, 2.75) is 58.5 Å². The van der Waals surface area contributed by atoms with Gasteiger partial charge in [-0.2, -0.15) is 0 Å². The van der Waals surface area contributed by atoms with Crippen LogP contribution in [0.25, 0.3) is 0 Å². The number of hydrogen-bond acceptors (Lipinski definition) is 4. The van der Waals surface area contributed by atoms with E-state index in [0.29, 0.717) is 19.5 Å². The predicted molar refractivity (Wildman–Crippen MR) is 98.5 cm³/mol. The fourth-order valence-corrected chi connectivity index (χ4v) is 3.02. The lowest BCUT2D eigenvalue weighted by Crippen LogP contribution is -2.51. The van der Waals surface area contributed by atoms with Crippen molar-refractivity contribution in [3.05, 3.63) is 47.7 Å². The Balaban J connectivity index is 1.74. The van der Waals surface area contributed by atoms with Crippen molar-refractivity contribution in [3.63, 3.8) is 0 Å². The minimum absolute atomic E-state index is 0.0716. The second kappa shape index (κ2) is 6.21. The molecule has 1 amide bonds. The molecule has 0 unspecified atom stereocenters. The van der Waals surface area contributed by atoms with Crippen LogP contribution in [0.4, 0.5) is 5.69 Å². The first-order chi connectivity index (χ1) is 11.7. The molecule has 1 aliphatic heterocycles. The highest BCUT2D eigenvalue weighted by molar-refractivity contribution is 5.88. The number of hydrogen-bond donors (Lipinski definition) is 1. The lowest BCUT2D eigenvalue weighted by Gasteiger charge is -2.34. The SMILES string of the molecule is CC(C)(Nc1ccccc1)C(=O)N1CCc2oc(C(C)(C)C)nc2C1. The predicted octanol–water partition coefficient (Wildman–Crippen LogP) is 3.75. The third kappa shape index (κ3) is 3.70. The van der Waals surface area contributed by atoms with Crippen molar-refractivity contribution >= 4 is 11.6 Å². The number of fused-ring (bicyclic) bond motifs is 1. The van der Waals surface area contributed by atoms with Crippen molar-refractivity contribution in [2.75, 3.05) is 11.9 Å². The summed E-state index contributed by atoms with van der Waals surface area (Å²) >= 11 is 0. The van der Waals surface area contributed by atoms with Crippen LogP contribution in [0, 0.1) is 0 Å². The van der Waals surface area contributed by atoms with E-state index in [0.717, 1.165) is 23.0 Å². The van der Waals surface area contributed by atoms with E-state index in [1.54, 1.807) is 0 Å². The average molecular weight is 341 g/mol. The number of para-hydroxylation sites is 1. The number of oxazole rings is 1. The molecule has 3 rings (SSSR count). The number of benzene rings is 1. The Morgan fingerprint density at radius 2 is 1.84 bits per heavy atom. The Bertz CT molecular complexity index is 757. The summed E-state index contributed by atoms with van der Waals surface area (Å²) in [5, 5.41) is 3.33. The quantitative estimate of drug-likeness (QED) is 0.924. The second-order valence-electron chi connectivity index (χ2n) is 8.23. The monoisotopic (exact) mass is 341 g/mol. The number of carbonyl (C=O) groups excluding carboxylic acids is 1. The van der Waals surface area contributed by atoms with Gasteiger partial charge in [0.15, 0.2) is 5.89 Å². The maximum absolute atomic E-state index is 13.0. The van der Waals surface area contributed by atoms with Crippen molar-refractivity contribution < 1.29 is 9.21 Å². The summed E-state index contributed by atoms with van der Waals surface area (Å²) < 4.78 is 5.92. The molecule has 1 aromatic heterocycles. The Hall–Kier alpha value is -2.30. The molecule has 25 heavy (non-hydrogen) atoms. The van der Waals surface area contributed by atoms with Gasteiger partial charge in [-0.3, -0.25) is 4.79 Å². The van der Waals surface area contributed by atoms with Gasteiger partial charge in [0.05, 0.1) is 6.54 Å². The molecule has 5 nitrogen and oxygen atoms in total. The topological polar surface area (TPSA) is 58.4 Å². The van der Waals surface area contributed by atoms with Gasteiger partial charge in [0.25, 0.3) is 0 Å². The number of rotatable bonds is 3. The zero-order chi connectivity index (χ0) is 18.2. The lowest BCUT2D eigenvalue weighted by molar-refractivity contribution is -0.136. The van der Waals surface area contributed by atoms with E-state index in [9.17, 15) is 4.79 Å². The number of nitrogens with one attached hydrogen (secondary N) is 1. The van der Waals surface area contributed by atoms with Gasteiger partial charge in [-0.05, 0) is 26.0 Å². The molecule has 0 spiro atoms. The molecule has 5 heteroatoms. The molecule has 1 N–H and O–H groups in total. The number of amides is 1. The van der Waals surface area contributed by atoms with Gasteiger partial charge in [-0.25, -0.2) is 4.98 Å². The summed E-state index contributed by atoms with van der Waals surface area (Å²) in [6.45, 7) is 11.3. The Kier molecular flexibility index (Phi) is 4.35. The van der Waals surface area contributed by atoms with Gasteiger partial charge < -0.3 is 14.6 Å². The van der Waals surface area contributed by atoms with Gasteiger partial charge in [-0.1, -0.05) is 39.0 Å².